The van der Waals surface area contributed by atoms with Crippen molar-refractivity contribution < 1.29 is 9.47 Å². The van der Waals surface area contributed by atoms with Crippen LogP contribution in [0.25, 0.3) is 0 Å². The van der Waals surface area contributed by atoms with Crippen LogP contribution in [0.4, 0.5) is 5.69 Å². The van der Waals surface area contributed by atoms with Crippen molar-refractivity contribution in [3.05, 3.63) is 48.0 Å². The number of ether oxygens (including phenoxy) is 2. The molecule has 4 nitrogen and oxygen atoms in total. The van der Waals surface area contributed by atoms with E-state index < -0.39 is 0 Å². The predicted octanol–water partition coefficient (Wildman–Crippen LogP) is 4.48. The normalized spacial score (nSPS) is 10.2. The van der Waals surface area contributed by atoms with Crippen LogP contribution >= 0.6 is 24.0 Å². The first-order chi connectivity index (χ1) is 12.1. The van der Waals surface area contributed by atoms with Crippen molar-refractivity contribution in [3.8, 4) is 11.5 Å². The Balaban J connectivity index is 1.71. The van der Waals surface area contributed by atoms with Crippen LogP contribution in [-0.4, -0.2) is 31.6 Å². The third-order valence-electron chi connectivity index (χ3n) is 3.55. The maximum absolute atomic E-state index is 5.36. The van der Waals surface area contributed by atoms with E-state index in [9.17, 15) is 0 Å². The fourth-order valence-corrected chi connectivity index (χ4v) is 3.23. The standard InChI is InChI=1S/C19H24N2O2S2/c1-14-5-8-16(9-6-14)25-12-4-11-20-19(24)21-17-10-7-15(22-2)13-18(17)23-3/h5-10,13H,4,11-12H2,1-3H3,(H2,20,21,24). The molecule has 0 bridgehead atoms. The number of hydrogen-bond donors (Lipinski definition) is 2. The molecule has 0 radical (unpaired) electrons. The van der Waals surface area contributed by atoms with Crippen molar-refractivity contribution in [1.82, 2.24) is 5.32 Å². The maximum atomic E-state index is 5.36. The zero-order chi connectivity index (χ0) is 18.1. The minimum Gasteiger partial charge on any atom is -0.497 e. The van der Waals surface area contributed by atoms with E-state index in [0.717, 1.165) is 30.2 Å². The number of thiocarbonyl (C=S) groups is 1. The summed E-state index contributed by atoms with van der Waals surface area (Å²) in [5.41, 5.74) is 2.10. The van der Waals surface area contributed by atoms with Gasteiger partial charge in [-0.05, 0) is 55.6 Å². The van der Waals surface area contributed by atoms with Crippen molar-refractivity contribution in [1.29, 1.82) is 0 Å². The van der Waals surface area contributed by atoms with E-state index >= 15 is 0 Å². The van der Waals surface area contributed by atoms with Gasteiger partial charge in [0.1, 0.15) is 11.5 Å². The van der Waals surface area contributed by atoms with Crippen LogP contribution in [0.3, 0.4) is 0 Å². The van der Waals surface area contributed by atoms with Crippen LogP contribution in [0.1, 0.15) is 12.0 Å². The number of benzene rings is 2. The summed E-state index contributed by atoms with van der Waals surface area (Å²) < 4.78 is 10.5. The summed E-state index contributed by atoms with van der Waals surface area (Å²) in [5.74, 6) is 2.48. The molecule has 0 spiro atoms. The molecular weight excluding hydrogens is 352 g/mol. The molecule has 0 aliphatic heterocycles. The molecule has 2 N–H and O–H groups in total. The zero-order valence-electron chi connectivity index (χ0n) is 14.8. The van der Waals surface area contributed by atoms with Crippen LogP contribution in [0.2, 0.25) is 0 Å². The number of anilines is 1. The van der Waals surface area contributed by atoms with Crippen molar-refractivity contribution in [2.45, 2.75) is 18.2 Å². The van der Waals surface area contributed by atoms with Gasteiger partial charge in [0.25, 0.3) is 0 Å². The molecule has 0 saturated heterocycles. The summed E-state index contributed by atoms with van der Waals surface area (Å²) >= 11 is 7.20. The Morgan fingerprint density at radius 2 is 1.84 bits per heavy atom. The first-order valence-corrected chi connectivity index (χ1v) is 9.48. The molecule has 6 heteroatoms. The van der Waals surface area contributed by atoms with Gasteiger partial charge in [-0.25, -0.2) is 0 Å². The third kappa shape index (κ3) is 6.48. The van der Waals surface area contributed by atoms with Crippen LogP contribution in [-0.2, 0) is 0 Å². The molecule has 2 rings (SSSR count). The Bertz CT molecular complexity index is 690. The first-order valence-electron chi connectivity index (χ1n) is 8.08. The smallest absolute Gasteiger partial charge is 0.170 e. The lowest BCUT2D eigenvalue weighted by Crippen LogP contribution is -2.29. The molecular formula is C19H24N2O2S2. The van der Waals surface area contributed by atoms with Gasteiger partial charge in [-0.1, -0.05) is 17.7 Å². The summed E-state index contributed by atoms with van der Waals surface area (Å²) in [5, 5.41) is 6.97. The summed E-state index contributed by atoms with van der Waals surface area (Å²) in [7, 11) is 3.25. The predicted molar refractivity (Wildman–Crippen MR) is 110 cm³/mol. The molecule has 0 heterocycles. The Kier molecular flexibility index (Phi) is 7.88. The monoisotopic (exact) mass is 376 g/mol. The SMILES string of the molecule is COc1ccc(NC(=S)NCCCSc2ccc(C)cc2)c(OC)c1. The van der Waals surface area contributed by atoms with E-state index in [0.29, 0.717) is 10.9 Å². The van der Waals surface area contributed by atoms with Crippen LogP contribution < -0.4 is 20.1 Å². The Labute approximate surface area is 159 Å². The molecule has 0 aliphatic rings. The summed E-state index contributed by atoms with van der Waals surface area (Å²) in [6, 6.07) is 14.2. The van der Waals surface area contributed by atoms with Crippen molar-refractivity contribution in [2.75, 3.05) is 31.8 Å². The van der Waals surface area contributed by atoms with Gasteiger partial charge in [-0.3, -0.25) is 0 Å². The Morgan fingerprint density at radius 3 is 2.52 bits per heavy atom. The van der Waals surface area contributed by atoms with Crippen LogP contribution in [0.15, 0.2) is 47.4 Å². The summed E-state index contributed by atoms with van der Waals surface area (Å²) in [6.07, 6.45) is 1.03. The van der Waals surface area contributed by atoms with E-state index in [2.05, 4.69) is 41.8 Å². The molecule has 0 aromatic heterocycles. The van der Waals surface area contributed by atoms with Gasteiger partial charge in [-0.15, -0.1) is 11.8 Å². The second-order valence-electron chi connectivity index (χ2n) is 5.46. The van der Waals surface area contributed by atoms with Gasteiger partial charge in [0.15, 0.2) is 5.11 Å². The molecule has 0 atom stereocenters. The van der Waals surface area contributed by atoms with Gasteiger partial charge in [0.05, 0.1) is 19.9 Å². The lowest BCUT2D eigenvalue weighted by atomic mass is 10.2. The molecule has 0 saturated carbocycles. The van der Waals surface area contributed by atoms with Crippen LogP contribution in [0.5, 0.6) is 11.5 Å². The van der Waals surface area contributed by atoms with Crippen molar-refractivity contribution in [3.63, 3.8) is 0 Å². The van der Waals surface area contributed by atoms with E-state index in [1.807, 2.05) is 30.0 Å². The van der Waals surface area contributed by atoms with E-state index in [1.54, 1.807) is 14.2 Å². The quantitative estimate of drug-likeness (QED) is 0.402. The van der Waals surface area contributed by atoms with Crippen molar-refractivity contribution >= 4 is 34.8 Å². The summed E-state index contributed by atoms with van der Waals surface area (Å²) in [6.45, 7) is 2.92. The summed E-state index contributed by atoms with van der Waals surface area (Å²) in [4.78, 5) is 1.30. The van der Waals surface area contributed by atoms with Gasteiger partial charge in [0, 0.05) is 17.5 Å². The number of hydrogen-bond acceptors (Lipinski definition) is 4. The van der Waals surface area contributed by atoms with Crippen LogP contribution in [0, 0.1) is 6.92 Å². The Hall–Kier alpha value is -1.92. The highest BCUT2D eigenvalue weighted by Gasteiger charge is 2.06. The molecule has 0 fully saturated rings. The highest BCUT2D eigenvalue weighted by molar-refractivity contribution is 7.99. The number of rotatable bonds is 8. The number of aryl methyl sites for hydroxylation is 1. The molecule has 0 unspecified atom stereocenters. The van der Waals surface area contributed by atoms with E-state index in [4.69, 9.17) is 21.7 Å². The van der Waals surface area contributed by atoms with Crippen molar-refractivity contribution in [2.24, 2.45) is 0 Å². The molecule has 0 aliphatic carbocycles. The highest BCUT2D eigenvalue weighted by atomic mass is 32.2. The van der Waals surface area contributed by atoms with Gasteiger partial charge >= 0.3 is 0 Å². The number of thioether (sulfide) groups is 1. The second-order valence-corrected chi connectivity index (χ2v) is 7.04. The topological polar surface area (TPSA) is 42.5 Å². The molecule has 2 aromatic carbocycles. The van der Waals surface area contributed by atoms with Gasteiger partial charge < -0.3 is 20.1 Å². The fourth-order valence-electron chi connectivity index (χ4n) is 2.17. The van der Waals surface area contributed by atoms with Gasteiger partial charge in [-0.2, -0.15) is 0 Å². The third-order valence-corrected chi connectivity index (χ3v) is 4.90. The zero-order valence-corrected chi connectivity index (χ0v) is 16.4. The molecule has 25 heavy (non-hydrogen) atoms. The molecule has 2 aromatic rings. The lowest BCUT2D eigenvalue weighted by molar-refractivity contribution is 0.395. The van der Waals surface area contributed by atoms with E-state index in [-0.39, 0.29) is 0 Å². The van der Waals surface area contributed by atoms with Gasteiger partial charge in [0.2, 0.25) is 0 Å². The second kappa shape index (κ2) is 10.2. The molecule has 0 amide bonds. The maximum Gasteiger partial charge on any atom is 0.170 e. The fraction of sp³-hybridized carbons (Fsp3) is 0.316. The van der Waals surface area contributed by atoms with E-state index in [1.165, 1.54) is 10.5 Å². The molecule has 134 valence electrons. The number of nitrogens with one attached hydrogen (secondary N) is 2. The minimum absolute atomic E-state index is 0.587. The number of methoxy groups -OCH3 is 2. The lowest BCUT2D eigenvalue weighted by Gasteiger charge is -2.14. The average molecular weight is 377 g/mol. The average Bonchev–Trinajstić information content (AvgIpc) is 2.63. The minimum atomic E-state index is 0.587. The largest absolute Gasteiger partial charge is 0.497 e. The highest BCUT2D eigenvalue weighted by Crippen LogP contribution is 2.28. The Morgan fingerprint density at radius 1 is 1.08 bits per heavy atom. The first kappa shape index (κ1) is 19.4.